The Bertz CT molecular complexity index is 696. The second-order valence-corrected chi connectivity index (χ2v) is 4.89. The lowest BCUT2D eigenvalue weighted by atomic mass is 10.1. The minimum absolute atomic E-state index is 0.111. The molecular weight excluding hydrogens is 280 g/mol. The highest BCUT2D eigenvalue weighted by Crippen LogP contribution is 2.12. The van der Waals surface area contributed by atoms with Crippen LogP contribution in [0.3, 0.4) is 0 Å². The minimum atomic E-state index is -0.346. The SMILES string of the molecule is C/C(=N/NC(=O)COc1cccc(C)c1)c1cccc(O)c1. The van der Waals surface area contributed by atoms with E-state index in [1.54, 1.807) is 37.3 Å². The number of phenols is 1. The fourth-order valence-electron chi connectivity index (χ4n) is 1.83. The van der Waals surface area contributed by atoms with E-state index in [-0.39, 0.29) is 18.3 Å². The monoisotopic (exact) mass is 298 g/mol. The van der Waals surface area contributed by atoms with E-state index in [1.165, 1.54) is 0 Å². The molecular formula is C17H18N2O3. The lowest BCUT2D eigenvalue weighted by molar-refractivity contribution is -0.123. The highest BCUT2D eigenvalue weighted by Gasteiger charge is 2.03. The van der Waals surface area contributed by atoms with Gasteiger partial charge in [0, 0.05) is 5.56 Å². The zero-order chi connectivity index (χ0) is 15.9. The molecule has 2 aromatic rings. The number of nitrogens with zero attached hydrogens (tertiary/aromatic N) is 1. The largest absolute Gasteiger partial charge is 0.508 e. The first-order chi connectivity index (χ1) is 10.5. The Balaban J connectivity index is 1.88. The molecule has 1 amide bonds. The van der Waals surface area contributed by atoms with Crippen LogP contribution >= 0.6 is 0 Å². The van der Waals surface area contributed by atoms with Gasteiger partial charge in [-0.2, -0.15) is 5.10 Å². The molecule has 5 nitrogen and oxygen atoms in total. The van der Waals surface area contributed by atoms with Crippen LogP contribution in [0.2, 0.25) is 0 Å². The van der Waals surface area contributed by atoms with Crippen molar-refractivity contribution in [1.29, 1.82) is 0 Å². The normalized spacial score (nSPS) is 11.1. The lowest BCUT2D eigenvalue weighted by Crippen LogP contribution is -2.25. The van der Waals surface area contributed by atoms with Crippen molar-refractivity contribution in [2.45, 2.75) is 13.8 Å². The molecule has 114 valence electrons. The van der Waals surface area contributed by atoms with Gasteiger partial charge in [0.15, 0.2) is 6.61 Å². The number of aryl methyl sites for hydroxylation is 1. The third-order valence-electron chi connectivity index (χ3n) is 2.97. The summed E-state index contributed by atoms with van der Waals surface area (Å²) in [7, 11) is 0. The fraction of sp³-hybridized carbons (Fsp3) is 0.176. The molecule has 22 heavy (non-hydrogen) atoms. The molecule has 2 rings (SSSR count). The molecule has 0 heterocycles. The molecule has 0 saturated heterocycles. The van der Waals surface area contributed by atoms with Crippen molar-refractivity contribution in [2.24, 2.45) is 5.10 Å². The van der Waals surface area contributed by atoms with Crippen molar-refractivity contribution in [1.82, 2.24) is 5.43 Å². The number of hydrogen-bond acceptors (Lipinski definition) is 4. The van der Waals surface area contributed by atoms with Gasteiger partial charge in [-0.3, -0.25) is 4.79 Å². The van der Waals surface area contributed by atoms with Crippen molar-refractivity contribution in [3.63, 3.8) is 0 Å². The molecule has 0 aliphatic heterocycles. The maximum absolute atomic E-state index is 11.7. The molecule has 0 aromatic heterocycles. The van der Waals surface area contributed by atoms with Gasteiger partial charge in [-0.15, -0.1) is 0 Å². The number of hydrazone groups is 1. The van der Waals surface area contributed by atoms with E-state index in [0.717, 1.165) is 11.1 Å². The molecule has 0 aliphatic carbocycles. The van der Waals surface area contributed by atoms with Crippen LogP contribution in [0.1, 0.15) is 18.1 Å². The number of ether oxygens (including phenoxy) is 1. The van der Waals surface area contributed by atoms with Crippen LogP contribution in [-0.4, -0.2) is 23.3 Å². The van der Waals surface area contributed by atoms with Crippen LogP contribution in [0.4, 0.5) is 0 Å². The molecule has 0 saturated carbocycles. The van der Waals surface area contributed by atoms with Crippen molar-refractivity contribution in [2.75, 3.05) is 6.61 Å². The van der Waals surface area contributed by atoms with Crippen molar-refractivity contribution >= 4 is 11.6 Å². The Labute approximate surface area is 129 Å². The van der Waals surface area contributed by atoms with Gasteiger partial charge in [-0.1, -0.05) is 24.3 Å². The first kappa shape index (κ1) is 15.6. The first-order valence-electron chi connectivity index (χ1n) is 6.86. The van der Waals surface area contributed by atoms with E-state index in [4.69, 9.17) is 4.74 Å². The van der Waals surface area contributed by atoms with E-state index in [9.17, 15) is 9.90 Å². The zero-order valence-electron chi connectivity index (χ0n) is 12.5. The maximum Gasteiger partial charge on any atom is 0.277 e. The number of carbonyl (C=O) groups excluding carboxylic acids is 1. The fourth-order valence-corrected chi connectivity index (χ4v) is 1.83. The van der Waals surface area contributed by atoms with Gasteiger partial charge < -0.3 is 9.84 Å². The highest BCUT2D eigenvalue weighted by molar-refractivity contribution is 5.99. The van der Waals surface area contributed by atoms with Crippen LogP contribution in [0.15, 0.2) is 53.6 Å². The van der Waals surface area contributed by atoms with E-state index in [1.807, 2.05) is 25.1 Å². The predicted molar refractivity (Wildman–Crippen MR) is 85.1 cm³/mol. The minimum Gasteiger partial charge on any atom is -0.508 e. The Morgan fingerprint density at radius 2 is 2.00 bits per heavy atom. The Morgan fingerprint density at radius 1 is 1.23 bits per heavy atom. The topological polar surface area (TPSA) is 70.9 Å². The number of nitrogens with one attached hydrogen (secondary N) is 1. The molecule has 2 N–H and O–H groups in total. The van der Waals surface area contributed by atoms with Crippen LogP contribution in [0.5, 0.6) is 11.5 Å². The third kappa shape index (κ3) is 4.63. The molecule has 0 fully saturated rings. The zero-order valence-corrected chi connectivity index (χ0v) is 12.5. The summed E-state index contributed by atoms with van der Waals surface area (Å²) in [6.07, 6.45) is 0. The summed E-state index contributed by atoms with van der Waals surface area (Å²) >= 11 is 0. The summed E-state index contributed by atoms with van der Waals surface area (Å²) in [5.74, 6) is 0.450. The Morgan fingerprint density at radius 3 is 2.73 bits per heavy atom. The number of amides is 1. The van der Waals surface area contributed by atoms with Gasteiger partial charge in [-0.25, -0.2) is 5.43 Å². The van der Waals surface area contributed by atoms with Crippen molar-refractivity contribution in [3.8, 4) is 11.5 Å². The average molecular weight is 298 g/mol. The smallest absolute Gasteiger partial charge is 0.277 e. The lowest BCUT2D eigenvalue weighted by Gasteiger charge is -2.06. The van der Waals surface area contributed by atoms with Gasteiger partial charge in [0.1, 0.15) is 11.5 Å². The molecule has 0 spiro atoms. The summed E-state index contributed by atoms with van der Waals surface area (Å²) in [6.45, 7) is 3.59. The number of rotatable bonds is 5. The Hall–Kier alpha value is -2.82. The molecule has 0 bridgehead atoms. The van der Waals surface area contributed by atoms with Crippen molar-refractivity contribution < 1.29 is 14.6 Å². The molecule has 2 aromatic carbocycles. The molecule has 0 unspecified atom stereocenters. The maximum atomic E-state index is 11.7. The molecule has 5 heteroatoms. The average Bonchev–Trinajstić information content (AvgIpc) is 2.50. The standard InChI is InChI=1S/C17H18N2O3/c1-12-5-3-8-16(9-12)22-11-17(21)19-18-13(2)14-6-4-7-15(20)10-14/h3-10,20H,11H2,1-2H3,(H,19,21)/b18-13-. The van der Waals surface area contributed by atoms with E-state index < -0.39 is 0 Å². The van der Waals surface area contributed by atoms with Gasteiger partial charge >= 0.3 is 0 Å². The predicted octanol–water partition coefficient (Wildman–Crippen LogP) is 2.62. The summed E-state index contributed by atoms with van der Waals surface area (Å²) in [6, 6.07) is 14.1. The second-order valence-electron chi connectivity index (χ2n) is 4.89. The number of carbonyl (C=O) groups is 1. The first-order valence-corrected chi connectivity index (χ1v) is 6.86. The molecule has 0 aliphatic rings. The Kier molecular flexibility index (Phi) is 5.14. The second kappa shape index (κ2) is 7.26. The number of hydrogen-bond donors (Lipinski definition) is 2. The van der Waals surface area contributed by atoms with Crippen LogP contribution in [-0.2, 0) is 4.79 Å². The van der Waals surface area contributed by atoms with Crippen LogP contribution in [0, 0.1) is 6.92 Å². The third-order valence-corrected chi connectivity index (χ3v) is 2.97. The van der Waals surface area contributed by atoms with E-state index >= 15 is 0 Å². The van der Waals surface area contributed by atoms with Gasteiger partial charge in [0.05, 0.1) is 5.71 Å². The van der Waals surface area contributed by atoms with E-state index in [2.05, 4.69) is 10.5 Å². The summed E-state index contributed by atoms with van der Waals surface area (Å²) in [5.41, 5.74) is 4.83. The van der Waals surface area contributed by atoms with Gasteiger partial charge in [0.2, 0.25) is 0 Å². The number of aromatic hydroxyl groups is 1. The number of phenolic OH excluding ortho intramolecular Hbond substituents is 1. The van der Waals surface area contributed by atoms with Crippen LogP contribution in [0.25, 0.3) is 0 Å². The summed E-state index contributed by atoms with van der Waals surface area (Å²) < 4.78 is 5.38. The van der Waals surface area contributed by atoms with Crippen molar-refractivity contribution in [3.05, 3.63) is 59.7 Å². The van der Waals surface area contributed by atoms with Crippen LogP contribution < -0.4 is 10.2 Å². The van der Waals surface area contributed by atoms with Gasteiger partial charge in [-0.05, 0) is 43.7 Å². The highest BCUT2D eigenvalue weighted by atomic mass is 16.5. The quantitative estimate of drug-likeness (QED) is 0.658. The molecule has 0 radical (unpaired) electrons. The summed E-state index contributed by atoms with van der Waals surface area (Å²) in [5, 5.41) is 13.4. The number of benzene rings is 2. The summed E-state index contributed by atoms with van der Waals surface area (Å²) in [4.78, 5) is 11.7. The van der Waals surface area contributed by atoms with Gasteiger partial charge in [0.25, 0.3) is 5.91 Å². The molecule has 0 atom stereocenters. The van der Waals surface area contributed by atoms with E-state index in [0.29, 0.717) is 11.5 Å².